The summed E-state index contributed by atoms with van der Waals surface area (Å²) in [5, 5.41) is 8.35. The van der Waals surface area contributed by atoms with E-state index in [1.54, 1.807) is 18.0 Å². The summed E-state index contributed by atoms with van der Waals surface area (Å²) >= 11 is 0. The van der Waals surface area contributed by atoms with Crippen molar-refractivity contribution in [2.45, 2.75) is 38.1 Å². The maximum Gasteiger partial charge on any atom is 0.261 e. The van der Waals surface area contributed by atoms with Gasteiger partial charge in [-0.1, -0.05) is 36.2 Å². The van der Waals surface area contributed by atoms with Gasteiger partial charge in [0.2, 0.25) is 5.91 Å². The van der Waals surface area contributed by atoms with Crippen molar-refractivity contribution >= 4 is 5.91 Å². The zero-order valence-electron chi connectivity index (χ0n) is 16.7. The third-order valence-corrected chi connectivity index (χ3v) is 5.30. The molecular weight excluding hydrogens is 370 g/mol. The Morgan fingerprint density at radius 1 is 1.28 bits per heavy atom. The van der Waals surface area contributed by atoms with Crippen molar-refractivity contribution in [1.29, 1.82) is 0 Å². The van der Waals surface area contributed by atoms with E-state index in [1.165, 1.54) is 0 Å². The number of rotatable bonds is 5. The van der Waals surface area contributed by atoms with E-state index in [1.807, 2.05) is 42.4 Å². The number of likely N-dealkylation sites (tertiary alicyclic amines) is 1. The molecule has 0 saturated carbocycles. The van der Waals surface area contributed by atoms with Crippen LogP contribution in [0.1, 0.15) is 43.1 Å². The Morgan fingerprint density at radius 3 is 2.93 bits per heavy atom. The van der Waals surface area contributed by atoms with Crippen LogP contribution in [-0.2, 0) is 18.3 Å². The average Bonchev–Trinajstić information content (AvgIpc) is 3.31. The molecule has 0 radical (unpaired) electrons. The first-order valence-corrected chi connectivity index (χ1v) is 9.89. The summed E-state index contributed by atoms with van der Waals surface area (Å²) in [5.74, 6) is 1.76. The van der Waals surface area contributed by atoms with Crippen molar-refractivity contribution in [2.75, 3.05) is 13.7 Å². The molecule has 8 heteroatoms. The van der Waals surface area contributed by atoms with E-state index in [2.05, 4.69) is 15.2 Å². The number of amides is 1. The van der Waals surface area contributed by atoms with Crippen LogP contribution in [0.15, 0.2) is 41.2 Å². The molecule has 3 aromatic rings. The third-order valence-electron chi connectivity index (χ3n) is 5.30. The van der Waals surface area contributed by atoms with Gasteiger partial charge in [-0.05, 0) is 18.9 Å². The fourth-order valence-corrected chi connectivity index (χ4v) is 3.81. The second-order valence-corrected chi connectivity index (χ2v) is 7.30. The summed E-state index contributed by atoms with van der Waals surface area (Å²) in [6, 6.07) is 7.44. The molecule has 4 rings (SSSR count). The van der Waals surface area contributed by atoms with Crippen LogP contribution in [0.4, 0.5) is 0 Å². The number of para-hydroxylation sites is 1. The lowest BCUT2D eigenvalue weighted by atomic mass is 10.1. The van der Waals surface area contributed by atoms with Crippen LogP contribution in [0.2, 0.25) is 0 Å². The molecule has 1 aliphatic rings. The normalized spacial score (nSPS) is 17.2. The highest BCUT2D eigenvalue weighted by Gasteiger charge is 2.31. The Morgan fingerprint density at radius 2 is 2.14 bits per heavy atom. The van der Waals surface area contributed by atoms with Gasteiger partial charge in [0, 0.05) is 25.4 Å². The van der Waals surface area contributed by atoms with Gasteiger partial charge in [0.1, 0.15) is 5.75 Å². The summed E-state index contributed by atoms with van der Waals surface area (Å²) < 4.78 is 12.6. The summed E-state index contributed by atoms with van der Waals surface area (Å²) in [6.07, 6.45) is 7.71. The number of aromatic nitrogens is 4. The Balaban J connectivity index is 1.57. The van der Waals surface area contributed by atoms with Crippen LogP contribution in [0, 0.1) is 0 Å². The molecular formula is C21H25N5O3. The van der Waals surface area contributed by atoms with Crippen molar-refractivity contribution in [2.24, 2.45) is 7.05 Å². The number of aryl methyl sites for hydroxylation is 1. The zero-order valence-corrected chi connectivity index (χ0v) is 16.7. The van der Waals surface area contributed by atoms with Gasteiger partial charge in [-0.15, -0.1) is 0 Å². The molecule has 1 aromatic carbocycles. The summed E-state index contributed by atoms with van der Waals surface area (Å²) in [7, 11) is 3.46. The van der Waals surface area contributed by atoms with E-state index in [4.69, 9.17) is 9.26 Å². The van der Waals surface area contributed by atoms with Gasteiger partial charge in [-0.25, -0.2) is 0 Å². The highest BCUT2D eigenvalue weighted by Crippen LogP contribution is 2.31. The first kappa shape index (κ1) is 19.2. The van der Waals surface area contributed by atoms with Crippen LogP contribution < -0.4 is 4.74 Å². The average molecular weight is 395 g/mol. The lowest BCUT2D eigenvalue weighted by Crippen LogP contribution is -2.36. The van der Waals surface area contributed by atoms with Crippen molar-refractivity contribution in [3.8, 4) is 17.2 Å². The molecule has 0 aliphatic carbocycles. The number of hydrogen-bond acceptors (Lipinski definition) is 6. The molecule has 1 unspecified atom stereocenters. The molecule has 0 N–H and O–H groups in total. The lowest BCUT2D eigenvalue weighted by Gasteiger charge is -2.28. The minimum Gasteiger partial charge on any atom is -0.496 e. The molecule has 2 aromatic heterocycles. The predicted molar refractivity (Wildman–Crippen MR) is 106 cm³/mol. The fourth-order valence-electron chi connectivity index (χ4n) is 3.81. The highest BCUT2D eigenvalue weighted by atomic mass is 16.5. The van der Waals surface area contributed by atoms with Gasteiger partial charge in [-0.2, -0.15) is 10.1 Å². The van der Waals surface area contributed by atoms with Crippen molar-refractivity contribution in [3.05, 3.63) is 48.0 Å². The van der Waals surface area contributed by atoms with Gasteiger partial charge in [0.25, 0.3) is 5.89 Å². The first-order chi connectivity index (χ1) is 14.2. The predicted octanol–water partition coefficient (Wildman–Crippen LogP) is 3.17. The maximum absolute atomic E-state index is 13.2. The van der Waals surface area contributed by atoms with Gasteiger partial charge in [0.15, 0.2) is 5.82 Å². The molecule has 29 heavy (non-hydrogen) atoms. The molecule has 1 atom stereocenters. The van der Waals surface area contributed by atoms with Crippen LogP contribution >= 0.6 is 0 Å². The minimum absolute atomic E-state index is 0.0501. The zero-order chi connectivity index (χ0) is 20.2. The Kier molecular flexibility index (Phi) is 5.59. The molecule has 1 aliphatic heterocycles. The number of carbonyl (C=O) groups excluding carboxylic acids is 1. The third kappa shape index (κ3) is 4.16. The van der Waals surface area contributed by atoms with Crippen molar-refractivity contribution in [1.82, 2.24) is 24.8 Å². The SMILES string of the molecule is COc1ccccc1CC(=O)N1CCCCCC1c1noc(-c2cnn(C)c2)n1. The second kappa shape index (κ2) is 8.46. The number of ether oxygens (including phenoxy) is 1. The van der Waals surface area contributed by atoms with Crippen LogP contribution in [0.3, 0.4) is 0 Å². The van der Waals surface area contributed by atoms with E-state index >= 15 is 0 Å². The standard InChI is InChI=1S/C21H25N5O3/c1-25-14-16(13-22-25)21-23-20(24-29-21)17-9-4-3-7-11-26(17)19(27)12-15-8-5-6-10-18(15)28-2/h5-6,8,10,13-14,17H,3-4,7,9,11-12H2,1-2H3. The van der Waals surface area contributed by atoms with Gasteiger partial charge < -0.3 is 14.2 Å². The lowest BCUT2D eigenvalue weighted by molar-refractivity contribution is -0.133. The van der Waals surface area contributed by atoms with Gasteiger partial charge >= 0.3 is 0 Å². The topological polar surface area (TPSA) is 86.3 Å². The molecule has 1 fully saturated rings. The Bertz CT molecular complexity index is 980. The van der Waals surface area contributed by atoms with E-state index < -0.39 is 0 Å². The number of methoxy groups -OCH3 is 1. The first-order valence-electron chi connectivity index (χ1n) is 9.89. The molecule has 3 heterocycles. The summed E-state index contributed by atoms with van der Waals surface area (Å²) in [6.45, 7) is 0.690. The molecule has 0 bridgehead atoms. The molecule has 8 nitrogen and oxygen atoms in total. The molecule has 0 spiro atoms. The Hall–Kier alpha value is -3.16. The summed E-state index contributed by atoms with van der Waals surface area (Å²) in [5.41, 5.74) is 1.65. The smallest absolute Gasteiger partial charge is 0.261 e. The number of carbonyl (C=O) groups is 1. The van der Waals surface area contributed by atoms with E-state index in [0.29, 0.717) is 18.3 Å². The van der Waals surface area contributed by atoms with E-state index in [0.717, 1.165) is 42.6 Å². The van der Waals surface area contributed by atoms with Crippen molar-refractivity contribution in [3.63, 3.8) is 0 Å². The number of hydrogen-bond donors (Lipinski definition) is 0. The van der Waals surface area contributed by atoms with Crippen LogP contribution in [0.5, 0.6) is 5.75 Å². The minimum atomic E-state index is -0.186. The fraction of sp³-hybridized carbons (Fsp3) is 0.429. The summed E-state index contributed by atoms with van der Waals surface area (Å²) in [4.78, 5) is 19.7. The largest absolute Gasteiger partial charge is 0.496 e. The number of nitrogens with zero attached hydrogens (tertiary/aromatic N) is 5. The van der Waals surface area contributed by atoms with E-state index in [-0.39, 0.29) is 18.4 Å². The number of benzene rings is 1. The molecule has 152 valence electrons. The second-order valence-electron chi connectivity index (χ2n) is 7.30. The Labute approximate surface area is 169 Å². The maximum atomic E-state index is 13.2. The molecule has 1 saturated heterocycles. The van der Waals surface area contributed by atoms with Gasteiger partial charge in [-0.3, -0.25) is 9.48 Å². The molecule has 1 amide bonds. The monoisotopic (exact) mass is 395 g/mol. The van der Waals surface area contributed by atoms with Crippen LogP contribution in [0.25, 0.3) is 11.5 Å². The highest BCUT2D eigenvalue weighted by molar-refractivity contribution is 5.80. The van der Waals surface area contributed by atoms with Crippen LogP contribution in [-0.4, -0.2) is 44.4 Å². The van der Waals surface area contributed by atoms with Gasteiger partial charge in [0.05, 0.1) is 31.3 Å². The van der Waals surface area contributed by atoms with Crippen molar-refractivity contribution < 1.29 is 14.1 Å². The van der Waals surface area contributed by atoms with E-state index in [9.17, 15) is 4.79 Å². The quantitative estimate of drug-likeness (QED) is 0.660.